The van der Waals surface area contributed by atoms with Gasteiger partial charge in [-0.25, -0.2) is 0 Å². The first-order chi connectivity index (χ1) is 12.6. The molecule has 0 rings (SSSR count). The van der Waals surface area contributed by atoms with E-state index >= 15 is 0 Å². The van der Waals surface area contributed by atoms with Gasteiger partial charge in [-0.1, -0.05) is 13.3 Å². The van der Waals surface area contributed by atoms with Crippen LogP contribution >= 0.6 is 0 Å². The van der Waals surface area contributed by atoms with Gasteiger partial charge in [0, 0.05) is 25.7 Å². The molecule has 0 aromatic carbocycles. The van der Waals surface area contributed by atoms with Crippen LogP contribution in [0.15, 0.2) is 0 Å². The molecule has 0 fully saturated rings. The molecule has 0 radical (unpaired) electrons. The lowest BCUT2D eigenvalue weighted by Gasteiger charge is -2.01. The first-order valence-corrected chi connectivity index (χ1v) is 8.72. The zero-order chi connectivity index (χ0) is 21.7. The second-order valence-corrected chi connectivity index (χ2v) is 5.61. The van der Waals surface area contributed by atoms with Gasteiger partial charge in [0.05, 0.1) is 12.7 Å². The van der Waals surface area contributed by atoms with Crippen molar-refractivity contribution in [1.82, 2.24) is 0 Å². The minimum absolute atomic E-state index is 0.0628. The number of hydrogen-bond donors (Lipinski definition) is 6. The molecule has 0 aromatic heterocycles. The third kappa shape index (κ3) is 40.1. The molecule has 1 atom stereocenters. The third-order valence-corrected chi connectivity index (χ3v) is 2.90. The van der Waals surface area contributed by atoms with Crippen molar-refractivity contribution in [3.8, 4) is 0 Å². The second kappa shape index (κ2) is 21.8. The molecule has 0 bridgehead atoms. The van der Waals surface area contributed by atoms with Gasteiger partial charge in [0.15, 0.2) is 0 Å². The normalized spacial score (nSPS) is 10.5. The molecule has 0 aliphatic carbocycles. The number of unbranched alkanes of at least 4 members (excludes halogenated alkanes) is 2. The summed E-state index contributed by atoms with van der Waals surface area (Å²) in [4.78, 5) is 39.6. The Kier molecular flexibility index (Phi) is 23.9. The summed E-state index contributed by atoms with van der Waals surface area (Å²) in [5.74, 6) is -3.48. The summed E-state index contributed by atoms with van der Waals surface area (Å²) in [7, 11) is 0. The fourth-order valence-electron chi connectivity index (χ4n) is 1.53. The molecule has 0 aliphatic heterocycles. The highest BCUT2D eigenvalue weighted by Crippen LogP contribution is 1.99. The Bertz CT molecular complexity index is 345. The third-order valence-electron chi connectivity index (χ3n) is 2.90. The van der Waals surface area contributed by atoms with Crippen molar-refractivity contribution in [2.45, 2.75) is 77.2 Å². The van der Waals surface area contributed by atoms with Crippen molar-refractivity contribution in [2.75, 3.05) is 6.61 Å². The van der Waals surface area contributed by atoms with E-state index in [1.807, 2.05) is 6.92 Å². The molecule has 0 aliphatic rings. The van der Waals surface area contributed by atoms with Gasteiger partial charge in [0.2, 0.25) is 0 Å². The Hall–Kier alpha value is -2.20. The molecular weight excluding hydrogens is 364 g/mol. The zero-order valence-electron chi connectivity index (χ0n) is 15.7. The molecule has 27 heavy (non-hydrogen) atoms. The maximum atomic E-state index is 9.90. The van der Waals surface area contributed by atoms with Gasteiger partial charge in [0.1, 0.15) is 0 Å². The monoisotopic (exact) mass is 396 g/mol. The average Bonchev–Trinajstić information content (AvgIpc) is 2.56. The molecule has 6 N–H and O–H groups in total. The van der Waals surface area contributed by atoms with E-state index < -0.39 is 30.0 Å². The number of carbonyl (C=O) groups is 4. The fraction of sp³-hybridized carbons (Fsp3) is 0.765. The first-order valence-electron chi connectivity index (χ1n) is 8.72. The number of carboxylic acids is 4. The lowest BCUT2D eigenvalue weighted by Crippen LogP contribution is -2.10. The van der Waals surface area contributed by atoms with E-state index in [4.69, 9.17) is 30.6 Å². The van der Waals surface area contributed by atoms with Crippen LogP contribution in [-0.4, -0.2) is 67.2 Å². The summed E-state index contributed by atoms with van der Waals surface area (Å²) in [6, 6.07) is 0. The highest BCUT2D eigenvalue weighted by molar-refractivity contribution is 5.68. The highest BCUT2D eigenvalue weighted by Gasteiger charge is 2.00. The molecule has 1 unspecified atom stereocenters. The Morgan fingerprint density at radius 3 is 1.04 bits per heavy atom. The Balaban J connectivity index is -0.000000326. The smallest absolute Gasteiger partial charge is 0.303 e. The molecule has 10 heteroatoms. The summed E-state index contributed by atoms with van der Waals surface area (Å²) in [5.41, 5.74) is 0. The molecule has 10 nitrogen and oxygen atoms in total. The van der Waals surface area contributed by atoms with Crippen molar-refractivity contribution in [1.29, 1.82) is 0 Å². The zero-order valence-corrected chi connectivity index (χ0v) is 15.7. The minimum Gasteiger partial charge on any atom is -0.481 e. The van der Waals surface area contributed by atoms with Crippen LogP contribution in [0.25, 0.3) is 0 Å². The van der Waals surface area contributed by atoms with Crippen molar-refractivity contribution in [3.63, 3.8) is 0 Å². The van der Waals surface area contributed by atoms with Crippen molar-refractivity contribution >= 4 is 23.9 Å². The standard InChI is InChI=1S/2C6H10O4.C5H12O2/c2*7-5(8)3-1-2-4-6(9)10;1-2-3-5(7)4-6/h2*1-4H2,(H,7,8)(H,9,10);5-7H,2-4H2,1H3. The van der Waals surface area contributed by atoms with E-state index in [1.54, 1.807) is 0 Å². The van der Waals surface area contributed by atoms with Gasteiger partial charge in [-0.15, -0.1) is 0 Å². The molecule has 0 heterocycles. The van der Waals surface area contributed by atoms with E-state index in [1.165, 1.54) is 0 Å². The molecule has 0 saturated heterocycles. The summed E-state index contributed by atoms with van der Waals surface area (Å²) >= 11 is 0. The molecule has 0 saturated carbocycles. The van der Waals surface area contributed by atoms with Crippen LogP contribution < -0.4 is 0 Å². The van der Waals surface area contributed by atoms with Crippen LogP contribution in [0.4, 0.5) is 0 Å². The Morgan fingerprint density at radius 2 is 0.926 bits per heavy atom. The van der Waals surface area contributed by atoms with Crippen LogP contribution in [0.1, 0.15) is 71.1 Å². The van der Waals surface area contributed by atoms with Gasteiger partial charge in [0.25, 0.3) is 0 Å². The maximum absolute atomic E-state index is 9.90. The van der Waals surface area contributed by atoms with E-state index in [-0.39, 0.29) is 32.3 Å². The number of hydrogen-bond acceptors (Lipinski definition) is 6. The average molecular weight is 396 g/mol. The number of carboxylic acid groups (broad SMARTS) is 4. The molecule has 160 valence electrons. The predicted octanol–water partition coefficient (Wildman–Crippen LogP) is 1.57. The van der Waals surface area contributed by atoms with Crippen molar-refractivity contribution in [3.05, 3.63) is 0 Å². The Morgan fingerprint density at radius 1 is 0.667 bits per heavy atom. The summed E-state index contributed by atoms with van der Waals surface area (Å²) in [6.45, 7) is 1.87. The number of aliphatic hydroxyl groups excluding tert-OH is 2. The van der Waals surface area contributed by atoms with Crippen molar-refractivity contribution in [2.24, 2.45) is 0 Å². The van der Waals surface area contributed by atoms with Gasteiger partial charge in [-0.2, -0.15) is 0 Å². The van der Waals surface area contributed by atoms with E-state index in [9.17, 15) is 19.2 Å². The van der Waals surface area contributed by atoms with Gasteiger partial charge < -0.3 is 30.6 Å². The van der Waals surface area contributed by atoms with Gasteiger partial charge >= 0.3 is 23.9 Å². The van der Waals surface area contributed by atoms with Crippen LogP contribution in [0, 0.1) is 0 Å². The summed E-state index contributed by atoms with van der Waals surface area (Å²) in [5, 5.41) is 49.3. The first kappa shape index (κ1) is 29.6. The molecule has 0 amide bonds. The predicted molar refractivity (Wildman–Crippen MR) is 95.5 cm³/mol. The number of rotatable bonds is 13. The maximum Gasteiger partial charge on any atom is 0.303 e. The van der Waals surface area contributed by atoms with Crippen LogP contribution in [0.5, 0.6) is 0 Å². The summed E-state index contributed by atoms with van der Waals surface area (Å²) in [6.07, 6.45) is 3.18. The quantitative estimate of drug-likeness (QED) is 0.249. The number of aliphatic hydroxyl groups is 2. The van der Waals surface area contributed by atoms with E-state index in [2.05, 4.69) is 0 Å². The lowest BCUT2D eigenvalue weighted by molar-refractivity contribution is -0.139. The van der Waals surface area contributed by atoms with Crippen LogP contribution in [0.2, 0.25) is 0 Å². The fourth-order valence-corrected chi connectivity index (χ4v) is 1.53. The van der Waals surface area contributed by atoms with Gasteiger partial charge in [-0.05, 0) is 32.1 Å². The Labute approximate surface area is 158 Å². The summed E-state index contributed by atoms with van der Waals surface area (Å²) < 4.78 is 0. The second-order valence-electron chi connectivity index (χ2n) is 5.61. The highest BCUT2D eigenvalue weighted by atomic mass is 16.4. The largest absolute Gasteiger partial charge is 0.481 e. The topological polar surface area (TPSA) is 190 Å². The number of aliphatic carboxylic acids is 4. The van der Waals surface area contributed by atoms with E-state index in [0.717, 1.165) is 6.42 Å². The van der Waals surface area contributed by atoms with Gasteiger partial charge in [-0.3, -0.25) is 19.2 Å². The van der Waals surface area contributed by atoms with Crippen molar-refractivity contribution < 1.29 is 49.8 Å². The van der Waals surface area contributed by atoms with Crippen LogP contribution in [0.3, 0.4) is 0 Å². The van der Waals surface area contributed by atoms with E-state index in [0.29, 0.717) is 32.1 Å². The van der Waals surface area contributed by atoms with Crippen LogP contribution in [-0.2, 0) is 19.2 Å². The SMILES string of the molecule is CCCC(O)CO.O=C(O)CCCCC(=O)O.O=C(O)CCCCC(=O)O. The lowest BCUT2D eigenvalue weighted by atomic mass is 10.2. The molecule has 0 spiro atoms. The molecular formula is C17H32O10. The molecule has 0 aromatic rings. The minimum atomic E-state index is -0.870.